The normalized spacial score (nSPS) is 22.7. The van der Waals surface area contributed by atoms with Crippen molar-refractivity contribution in [3.8, 4) is 22.8 Å². The summed E-state index contributed by atoms with van der Waals surface area (Å²) in [5.74, 6) is -1.35. The Balaban J connectivity index is 1.47. The van der Waals surface area contributed by atoms with Crippen molar-refractivity contribution in [3.05, 3.63) is 79.9 Å². The van der Waals surface area contributed by atoms with Crippen molar-refractivity contribution >= 4 is 28.7 Å². The van der Waals surface area contributed by atoms with E-state index in [2.05, 4.69) is 18.5 Å². The Morgan fingerprint density at radius 1 is 1.04 bits per heavy atom. The molecule has 1 heterocycles. The van der Waals surface area contributed by atoms with Crippen molar-refractivity contribution in [1.29, 1.82) is 0 Å². The van der Waals surface area contributed by atoms with E-state index in [9.17, 15) is 14.4 Å². The number of unbranched alkanes of at least 4 members (excludes halogenated alkanes) is 2. The fraction of sp³-hybridized carbons (Fsp3) is 0.436. The van der Waals surface area contributed by atoms with Crippen molar-refractivity contribution in [3.63, 3.8) is 0 Å². The lowest BCUT2D eigenvalue weighted by Gasteiger charge is -2.33. The first-order valence-corrected chi connectivity index (χ1v) is 17.1. The number of fused-ring (bicyclic) bond motifs is 1. The second-order valence-electron chi connectivity index (χ2n) is 13.0. The molecule has 2 fully saturated rings. The highest BCUT2D eigenvalue weighted by molar-refractivity contribution is 5.95. The van der Waals surface area contributed by atoms with Crippen LogP contribution in [-0.2, 0) is 19.1 Å². The summed E-state index contributed by atoms with van der Waals surface area (Å²) in [6.07, 6.45) is 6.66. The molecule has 0 bridgehead atoms. The Labute approximate surface area is 289 Å². The highest BCUT2D eigenvalue weighted by atomic mass is 16.5. The fourth-order valence-corrected chi connectivity index (χ4v) is 6.81. The van der Waals surface area contributed by atoms with E-state index in [1.807, 2.05) is 74.8 Å². The van der Waals surface area contributed by atoms with Crippen LogP contribution in [-0.4, -0.2) is 78.8 Å². The van der Waals surface area contributed by atoms with Crippen molar-refractivity contribution in [2.45, 2.75) is 57.1 Å². The summed E-state index contributed by atoms with van der Waals surface area (Å²) in [4.78, 5) is 46.4. The third-order valence-corrected chi connectivity index (χ3v) is 9.57. The molecule has 0 spiro atoms. The van der Waals surface area contributed by atoms with E-state index in [-0.39, 0.29) is 30.8 Å². The van der Waals surface area contributed by atoms with Crippen LogP contribution in [0.5, 0.6) is 11.5 Å². The first-order valence-electron chi connectivity index (χ1n) is 17.1. The van der Waals surface area contributed by atoms with E-state index in [0.29, 0.717) is 36.4 Å². The summed E-state index contributed by atoms with van der Waals surface area (Å²) < 4.78 is 17.6. The third kappa shape index (κ3) is 7.80. The van der Waals surface area contributed by atoms with Crippen LogP contribution in [0.25, 0.3) is 22.2 Å². The fourth-order valence-electron chi connectivity index (χ4n) is 6.81. The SMILES string of the molecule is C=CCCCCN(C(=O)[C@@H]1C[C@H](Oc2cc(-c3ccccc3)nc3cc(OC)ccc23)CC1C(=O)N[C@]1(C(=O)OCC)CC1C=C)N(C)C. The van der Waals surface area contributed by atoms with Gasteiger partial charge >= 0.3 is 5.97 Å². The van der Waals surface area contributed by atoms with Gasteiger partial charge in [0.1, 0.15) is 23.1 Å². The summed E-state index contributed by atoms with van der Waals surface area (Å²) >= 11 is 0. The number of aromatic nitrogens is 1. The first kappa shape index (κ1) is 35.6. The number of ether oxygens (including phenoxy) is 3. The molecule has 2 amide bonds. The van der Waals surface area contributed by atoms with Crippen LogP contribution < -0.4 is 14.8 Å². The van der Waals surface area contributed by atoms with Gasteiger partial charge in [0, 0.05) is 49.6 Å². The van der Waals surface area contributed by atoms with Crippen LogP contribution in [0.2, 0.25) is 0 Å². The lowest BCUT2D eigenvalue weighted by molar-refractivity contribution is -0.154. The lowest BCUT2D eigenvalue weighted by atomic mass is 9.93. The molecule has 1 aromatic heterocycles. The second-order valence-corrected chi connectivity index (χ2v) is 13.0. The van der Waals surface area contributed by atoms with Gasteiger partial charge in [0.2, 0.25) is 11.8 Å². The summed E-state index contributed by atoms with van der Waals surface area (Å²) in [6, 6.07) is 17.4. The average molecular weight is 669 g/mol. The smallest absolute Gasteiger partial charge is 0.332 e. The number of esters is 1. The van der Waals surface area contributed by atoms with Gasteiger partial charge in [-0.2, -0.15) is 0 Å². The highest BCUT2D eigenvalue weighted by Crippen LogP contribution is 2.47. The summed E-state index contributed by atoms with van der Waals surface area (Å²) in [6.45, 7) is 10.1. The molecule has 2 unspecified atom stereocenters. The van der Waals surface area contributed by atoms with Gasteiger partial charge in [-0.3, -0.25) is 14.6 Å². The molecule has 3 aromatic rings. The van der Waals surface area contributed by atoms with E-state index in [1.165, 1.54) is 0 Å². The summed E-state index contributed by atoms with van der Waals surface area (Å²) in [7, 11) is 5.28. The van der Waals surface area contributed by atoms with Gasteiger partial charge in [0.25, 0.3) is 0 Å². The highest BCUT2D eigenvalue weighted by Gasteiger charge is 2.62. The maximum atomic E-state index is 14.3. The topological polar surface area (TPSA) is 110 Å². The Bertz CT molecular complexity index is 1680. The molecule has 2 aliphatic rings. The summed E-state index contributed by atoms with van der Waals surface area (Å²) in [5, 5.41) is 7.29. The van der Waals surface area contributed by atoms with Crippen molar-refractivity contribution < 1.29 is 28.6 Å². The van der Waals surface area contributed by atoms with Crippen LogP contribution in [0.3, 0.4) is 0 Å². The molecular weight excluding hydrogens is 620 g/mol. The number of carbonyl (C=O) groups is 3. The Kier molecular flexibility index (Phi) is 11.4. The molecule has 49 heavy (non-hydrogen) atoms. The van der Waals surface area contributed by atoms with Crippen molar-refractivity contribution in [2.75, 3.05) is 34.4 Å². The van der Waals surface area contributed by atoms with Crippen molar-refractivity contribution in [2.24, 2.45) is 17.8 Å². The molecule has 10 nitrogen and oxygen atoms in total. The Morgan fingerprint density at radius 2 is 1.80 bits per heavy atom. The number of pyridine rings is 1. The van der Waals surface area contributed by atoms with Crippen LogP contribution in [0, 0.1) is 17.8 Å². The number of carbonyl (C=O) groups excluding carboxylic acids is 3. The van der Waals surface area contributed by atoms with Gasteiger partial charge in [-0.25, -0.2) is 14.8 Å². The molecule has 260 valence electrons. The van der Waals surface area contributed by atoms with Gasteiger partial charge in [0.15, 0.2) is 0 Å². The maximum absolute atomic E-state index is 14.3. The first-order chi connectivity index (χ1) is 23.6. The molecule has 10 heteroatoms. The largest absolute Gasteiger partial charge is 0.497 e. The lowest BCUT2D eigenvalue weighted by Crippen LogP contribution is -2.51. The Morgan fingerprint density at radius 3 is 2.45 bits per heavy atom. The maximum Gasteiger partial charge on any atom is 0.332 e. The van der Waals surface area contributed by atoms with Gasteiger partial charge in [-0.15, -0.1) is 13.2 Å². The number of nitrogens with one attached hydrogen (secondary N) is 1. The Hall–Kier alpha value is -4.70. The monoisotopic (exact) mass is 668 g/mol. The number of allylic oxidation sites excluding steroid dienone is 1. The number of hydrazine groups is 1. The number of rotatable bonds is 16. The number of benzene rings is 2. The van der Waals surface area contributed by atoms with Gasteiger partial charge in [0.05, 0.1) is 36.8 Å². The van der Waals surface area contributed by atoms with Gasteiger partial charge < -0.3 is 19.5 Å². The minimum absolute atomic E-state index is 0.148. The van der Waals surface area contributed by atoms with E-state index >= 15 is 0 Å². The van der Waals surface area contributed by atoms with Crippen LogP contribution in [0.4, 0.5) is 0 Å². The minimum atomic E-state index is -1.17. The number of hydrogen-bond donors (Lipinski definition) is 1. The van der Waals surface area contributed by atoms with Crippen LogP contribution in [0.1, 0.15) is 45.4 Å². The summed E-state index contributed by atoms with van der Waals surface area (Å²) in [5.41, 5.74) is 1.19. The standard InChI is InChI=1S/C39H48N4O6/c1-7-10-11-15-20-43(42(4)5)37(45)32-22-29(21-31(32)36(44)41-39(25-27(39)8-2)38(46)48-9-3)49-35-24-33(26-16-13-12-14-17-26)40-34-23-28(47-6)18-19-30(34)35/h7-8,12-14,16-19,23-24,27,29,31-32H,1-2,9-11,15,20-22,25H2,3-6H3,(H,41,44)/t27?,29-,31?,32-,39-/m1/s1. The average Bonchev–Trinajstić information content (AvgIpc) is 3.66. The molecule has 2 aliphatic carbocycles. The molecule has 0 aliphatic heterocycles. The number of hydrogen-bond acceptors (Lipinski definition) is 8. The predicted octanol–water partition coefficient (Wildman–Crippen LogP) is 5.97. The van der Waals surface area contributed by atoms with E-state index in [4.69, 9.17) is 19.2 Å². The molecule has 5 atom stereocenters. The third-order valence-electron chi connectivity index (χ3n) is 9.57. The zero-order valence-electron chi connectivity index (χ0n) is 29.0. The van der Waals surface area contributed by atoms with Crippen LogP contribution in [0.15, 0.2) is 79.9 Å². The molecule has 0 radical (unpaired) electrons. The van der Waals surface area contributed by atoms with E-state index < -0.39 is 29.4 Å². The van der Waals surface area contributed by atoms with Gasteiger partial charge in [-0.1, -0.05) is 42.5 Å². The number of methoxy groups -OCH3 is 1. The minimum Gasteiger partial charge on any atom is -0.497 e. The number of nitrogens with zero attached hydrogens (tertiary/aromatic N) is 3. The molecule has 5 rings (SSSR count). The predicted molar refractivity (Wildman–Crippen MR) is 190 cm³/mol. The molecule has 1 N–H and O–H groups in total. The zero-order chi connectivity index (χ0) is 35.1. The molecule has 2 aromatic carbocycles. The molecular formula is C39H48N4O6. The quantitative estimate of drug-likeness (QED) is 0.0861. The zero-order valence-corrected chi connectivity index (χ0v) is 29.0. The van der Waals surface area contributed by atoms with E-state index in [0.717, 1.165) is 35.9 Å². The molecule has 2 saturated carbocycles. The van der Waals surface area contributed by atoms with Crippen LogP contribution >= 0.6 is 0 Å². The van der Waals surface area contributed by atoms with Gasteiger partial charge in [-0.05, 0) is 57.6 Å². The van der Waals surface area contributed by atoms with E-state index in [1.54, 1.807) is 30.1 Å². The number of amides is 2. The van der Waals surface area contributed by atoms with Crippen molar-refractivity contribution in [1.82, 2.24) is 20.3 Å². The second kappa shape index (κ2) is 15.7. The molecule has 0 saturated heterocycles.